The van der Waals surface area contributed by atoms with Gasteiger partial charge in [-0.1, -0.05) is 26.0 Å². The van der Waals surface area contributed by atoms with Gasteiger partial charge in [0, 0.05) is 5.41 Å². The topological polar surface area (TPSA) is 91.4 Å². The Balaban J connectivity index is 3.05. The zero-order valence-corrected chi connectivity index (χ0v) is 9.88. The summed E-state index contributed by atoms with van der Waals surface area (Å²) in [6.45, 7) is 5.61. The summed E-state index contributed by atoms with van der Waals surface area (Å²) in [6.07, 6.45) is -0.866. The lowest BCUT2D eigenvalue weighted by Crippen LogP contribution is -2.26. The Bertz CT molecular complexity index is 344. The predicted octanol–water partition coefficient (Wildman–Crippen LogP) is -0.579. The molecular formula is C10H19N3O3. The van der Waals surface area contributed by atoms with E-state index in [1.165, 1.54) is 4.68 Å². The SMILES string of the molecule is CC(C)(C)c1c(CO)nnn1CC(O)CO. The van der Waals surface area contributed by atoms with Crippen molar-refractivity contribution in [3.63, 3.8) is 0 Å². The fourth-order valence-electron chi connectivity index (χ4n) is 1.66. The van der Waals surface area contributed by atoms with Gasteiger partial charge < -0.3 is 15.3 Å². The van der Waals surface area contributed by atoms with Gasteiger partial charge in [0.1, 0.15) is 5.69 Å². The molecule has 0 aromatic carbocycles. The van der Waals surface area contributed by atoms with E-state index in [0.29, 0.717) is 5.69 Å². The Morgan fingerprint density at radius 1 is 1.31 bits per heavy atom. The first-order valence-electron chi connectivity index (χ1n) is 5.22. The molecular weight excluding hydrogens is 210 g/mol. The largest absolute Gasteiger partial charge is 0.394 e. The fraction of sp³-hybridized carbons (Fsp3) is 0.800. The fourth-order valence-corrected chi connectivity index (χ4v) is 1.66. The van der Waals surface area contributed by atoms with Crippen molar-refractivity contribution in [3.05, 3.63) is 11.4 Å². The van der Waals surface area contributed by atoms with Crippen LogP contribution in [0.25, 0.3) is 0 Å². The molecule has 0 radical (unpaired) electrons. The van der Waals surface area contributed by atoms with Crippen molar-refractivity contribution in [1.29, 1.82) is 0 Å². The summed E-state index contributed by atoms with van der Waals surface area (Å²) < 4.78 is 1.53. The molecule has 3 N–H and O–H groups in total. The maximum Gasteiger partial charge on any atom is 0.112 e. The normalized spacial score (nSPS) is 14.1. The third kappa shape index (κ3) is 2.78. The summed E-state index contributed by atoms with van der Waals surface area (Å²) in [7, 11) is 0. The monoisotopic (exact) mass is 229 g/mol. The van der Waals surface area contributed by atoms with E-state index in [-0.39, 0.29) is 25.2 Å². The molecule has 1 aromatic heterocycles. The zero-order chi connectivity index (χ0) is 12.3. The molecule has 0 aliphatic carbocycles. The van der Waals surface area contributed by atoms with Crippen LogP contribution < -0.4 is 0 Å². The summed E-state index contributed by atoms with van der Waals surface area (Å²) in [5.74, 6) is 0. The second kappa shape index (κ2) is 4.90. The van der Waals surface area contributed by atoms with Gasteiger partial charge in [0.15, 0.2) is 0 Å². The number of aliphatic hydroxyl groups is 3. The molecule has 0 spiro atoms. The van der Waals surface area contributed by atoms with Crippen molar-refractivity contribution >= 4 is 0 Å². The Morgan fingerprint density at radius 2 is 1.94 bits per heavy atom. The molecule has 0 fully saturated rings. The molecule has 0 aliphatic rings. The predicted molar refractivity (Wildman–Crippen MR) is 57.7 cm³/mol. The van der Waals surface area contributed by atoms with Gasteiger partial charge in [0.2, 0.25) is 0 Å². The minimum absolute atomic E-state index is 0.177. The van der Waals surface area contributed by atoms with E-state index in [2.05, 4.69) is 10.3 Å². The maximum absolute atomic E-state index is 9.38. The van der Waals surface area contributed by atoms with E-state index in [0.717, 1.165) is 5.69 Å². The van der Waals surface area contributed by atoms with Crippen LogP contribution in [0.1, 0.15) is 32.2 Å². The van der Waals surface area contributed by atoms with Gasteiger partial charge in [-0.15, -0.1) is 5.10 Å². The third-order valence-corrected chi connectivity index (χ3v) is 2.26. The van der Waals surface area contributed by atoms with Crippen LogP contribution in [0.5, 0.6) is 0 Å². The average molecular weight is 229 g/mol. The lowest BCUT2D eigenvalue weighted by molar-refractivity contribution is 0.0762. The molecule has 1 heterocycles. The van der Waals surface area contributed by atoms with Crippen LogP contribution in [-0.4, -0.2) is 43.0 Å². The quantitative estimate of drug-likeness (QED) is 0.642. The van der Waals surface area contributed by atoms with Crippen molar-refractivity contribution in [2.45, 2.75) is 45.4 Å². The molecule has 16 heavy (non-hydrogen) atoms. The molecule has 1 atom stereocenters. The number of rotatable bonds is 4. The summed E-state index contributed by atoms with van der Waals surface area (Å²) >= 11 is 0. The van der Waals surface area contributed by atoms with Gasteiger partial charge in [-0.05, 0) is 0 Å². The highest BCUT2D eigenvalue weighted by Crippen LogP contribution is 2.24. The first-order valence-corrected chi connectivity index (χ1v) is 5.22. The lowest BCUT2D eigenvalue weighted by Gasteiger charge is -2.21. The highest BCUT2D eigenvalue weighted by atomic mass is 16.3. The molecule has 0 aliphatic heterocycles. The van der Waals surface area contributed by atoms with Gasteiger partial charge in [0.05, 0.1) is 31.6 Å². The number of hydrogen-bond acceptors (Lipinski definition) is 5. The molecule has 6 nitrogen and oxygen atoms in total. The molecule has 92 valence electrons. The molecule has 1 aromatic rings. The molecule has 1 unspecified atom stereocenters. The van der Waals surface area contributed by atoms with E-state index < -0.39 is 6.10 Å². The van der Waals surface area contributed by atoms with Crippen molar-refractivity contribution < 1.29 is 15.3 Å². The Morgan fingerprint density at radius 3 is 2.38 bits per heavy atom. The van der Waals surface area contributed by atoms with Crippen LogP contribution in [-0.2, 0) is 18.6 Å². The van der Waals surface area contributed by atoms with Gasteiger partial charge in [-0.2, -0.15) is 0 Å². The average Bonchev–Trinajstić information content (AvgIpc) is 2.60. The van der Waals surface area contributed by atoms with E-state index in [9.17, 15) is 5.11 Å². The Hall–Kier alpha value is -0.980. The molecule has 6 heteroatoms. The summed E-state index contributed by atoms with van der Waals surface area (Å²) in [5.41, 5.74) is 1.07. The molecule has 0 amide bonds. The summed E-state index contributed by atoms with van der Waals surface area (Å²) in [6, 6.07) is 0. The molecule has 0 saturated carbocycles. The Labute approximate surface area is 94.5 Å². The standard InChI is InChI=1S/C10H19N3O3/c1-10(2,3)9-8(6-15)11-12-13(9)4-7(16)5-14/h7,14-16H,4-6H2,1-3H3. The van der Waals surface area contributed by atoms with E-state index in [1.807, 2.05) is 20.8 Å². The van der Waals surface area contributed by atoms with E-state index in [1.54, 1.807) is 0 Å². The van der Waals surface area contributed by atoms with Gasteiger partial charge in [-0.25, -0.2) is 4.68 Å². The second-order valence-electron chi connectivity index (χ2n) is 4.81. The second-order valence-corrected chi connectivity index (χ2v) is 4.81. The number of aliphatic hydroxyl groups excluding tert-OH is 3. The smallest absolute Gasteiger partial charge is 0.112 e. The van der Waals surface area contributed by atoms with Crippen molar-refractivity contribution in [1.82, 2.24) is 15.0 Å². The minimum Gasteiger partial charge on any atom is -0.394 e. The summed E-state index contributed by atoms with van der Waals surface area (Å²) in [5, 5.41) is 35.1. The third-order valence-electron chi connectivity index (χ3n) is 2.26. The van der Waals surface area contributed by atoms with Crippen molar-refractivity contribution in [2.24, 2.45) is 0 Å². The number of hydrogen-bond donors (Lipinski definition) is 3. The van der Waals surface area contributed by atoms with E-state index >= 15 is 0 Å². The molecule has 1 rings (SSSR count). The first kappa shape index (κ1) is 13.1. The highest BCUT2D eigenvalue weighted by Gasteiger charge is 2.25. The van der Waals surface area contributed by atoms with Crippen LogP contribution in [0.2, 0.25) is 0 Å². The maximum atomic E-state index is 9.38. The Kier molecular flexibility index (Phi) is 4.01. The van der Waals surface area contributed by atoms with Crippen molar-refractivity contribution in [2.75, 3.05) is 6.61 Å². The molecule has 0 bridgehead atoms. The van der Waals surface area contributed by atoms with Crippen molar-refractivity contribution in [3.8, 4) is 0 Å². The van der Waals surface area contributed by atoms with Crippen LogP contribution in [0.3, 0.4) is 0 Å². The lowest BCUT2D eigenvalue weighted by atomic mass is 9.90. The van der Waals surface area contributed by atoms with Crippen LogP contribution >= 0.6 is 0 Å². The minimum atomic E-state index is -0.866. The van der Waals surface area contributed by atoms with Crippen LogP contribution in [0.4, 0.5) is 0 Å². The van der Waals surface area contributed by atoms with Crippen LogP contribution in [0.15, 0.2) is 0 Å². The van der Waals surface area contributed by atoms with Gasteiger partial charge in [-0.3, -0.25) is 0 Å². The summed E-state index contributed by atoms with van der Waals surface area (Å²) in [4.78, 5) is 0. The van der Waals surface area contributed by atoms with E-state index in [4.69, 9.17) is 10.2 Å². The number of nitrogens with zero attached hydrogens (tertiary/aromatic N) is 3. The first-order chi connectivity index (χ1) is 7.40. The van der Waals surface area contributed by atoms with Crippen LogP contribution in [0, 0.1) is 0 Å². The molecule has 0 saturated heterocycles. The number of aromatic nitrogens is 3. The zero-order valence-electron chi connectivity index (χ0n) is 9.88. The highest BCUT2D eigenvalue weighted by molar-refractivity contribution is 5.18. The van der Waals surface area contributed by atoms with Gasteiger partial charge in [0.25, 0.3) is 0 Å². The van der Waals surface area contributed by atoms with Gasteiger partial charge >= 0.3 is 0 Å².